The number of imidazole rings is 1. The number of aromatic amines is 1. The smallest absolute Gasteiger partial charge is 0.244 e. The zero-order valence-electron chi connectivity index (χ0n) is 12.6. The van der Waals surface area contributed by atoms with E-state index in [-0.39, 0.29) is 5.91 Å². The molecule has 0 unspecified atom stereocenters. The minimum absolute atomic E-state index is 0.126. The Morgan fingerprint density at radius 3 is 2.87 bits per heavy atom. The molecule has 0 spiro atoms. The van der Waals surface area contributed by atoms with Crippen LogP contribution in [0.1, 0.15) is 5.69 Å². The molecule has 5 heteroatoms. The lowest BCUT2D eigenvalue weighted by molar-refractivity contribution is -0.116. The number of hydrogen-bond donors (Lipinski definition) is 3. The third-order valence-corrected chi connectivity index (χ3v) is 3.46. The molecule has 23 heavy (non-hydrogen) atoms. The lowest BCUT2D eigenvalue weighted by Gasteiger charge is -2.10. The number of hydrogen-bond acceptors (Lipinski definition) is 3. The molecule has 3 N–H and O–H groups in total. The van der Waals surface area contributed by atoms with Crippen LogP contribution < -0.4 is 10.6 Å². The van der Waals surface area contributed by atoms with Crippen molar-refractivity contribution in [2.45, 2.75) is 0 Å². The van der Waals surface area contributed by atoms with Crippen molar-refractivity contribution in [3.05, 3.63) is 66.8 Å². The standard InChI is InChI=1S/C18H18N4O/c23-18(9-8-15-12-19-13-22-15)21-11-10-20-17-7-3-5-14-4-1-2-6-16(14)17/h1-9,12-13,20H,10-11H2,(H,19,22)(H,21,23)/b9-8+. The summed E-state index contributed by atoms with van der Waals surface area (Å²) in [6.45, 7) is 1.22. The maximum atomic E-state index is 11.7. The average molecular weight is 306 g/mol. The first kappa shape index (κ1) is 14.8. The van der Waals surface area contributed by atoms with Crippen LogP contribution in [0.25, 0.3) is 16.8 Å². The molecule has 0 aliphatic carbocycles. The molecule has 0 saturated carbocycles. The third-order valence-electron chi connectivity index (χ3n) is 3.46. The van der Waals surface area contributed by atoms with Crippen molar-refractivity contribution in [3.8, 4) is 0 Å². The summed E-state index contributed by atoms with van der Waals surface area (Å²) in [6, 6.07) is 14.4. The molecule has 1 amide bonds. The number of amides is 1. The summed E-state index contributed by atoms with van der Waals surface area (Å²) >= 11 is 0. The lowest BCUT2D eigenvalue weighted by atomic mass is 10.1. The first-order valence-electron chi connectivity index (χ1n) is 7.49. The number of rotatable bonds is 6. The third kappa shape index (κ3) is 3.97. The number of anilines is 1. The number of carbonyl (C=O) groups excluding carboxylic acids is 1. The normalized spacial score (nSPS) is 11.0. The number of fused-ring (bicyclic) bond motifs is 1. The Kier molecular flexibility index (Phi) is 4.69. The Bertz CT molecular complexity index is 804. The fourth-order valence-corrected chi connectivity index (χ4v) is 2.34. The van der Waals surface area contributed by atoms with Crippen LogP contribution in [-0.2, 0) is 4.79 Å². The minimum atomic E-state index is -0.126. The van der Waals surface area contributed by atoms with Crippen LogP contribution in [-0.4, -0.2) is 29.0 Å². The Hall–Kier alpha value is -3.08. The predicted molar refractivity (Wildman–Crippen MR) is 93.1 cm³/mol. The van der Waals surface area contributed by atoms with E-state index in [0.717, 1.165) is 11.4 Å². The Labute approximate surface area is 134 Å². The van der Waals surface area contributed by atoms with Gasteiger partial charge in [-0.25, -0.2) is 4.98 Å². The molecule has 3 aromatic rings. The number of benzene rings is 2. The monoisotopic (exact) mass is 306 g/mol. The zero-order chi connectivity index (χ0) is 15.9. The van der Waals surface area contributed by atoms with Gasteiger partial charge in [0.15, 0.2) is 0 Å². The van der Waals surface area contributed by atoms with Gasteiger partial charge in [0.05, 0.1) is 18.2 Å². The average Bonchev–Trinajstić information content (AvgIpc) is 3.10. The molecule has 0 radical (unpaired) electrons. The SMILES string of the molecule is O=C(/C=C/c1cnc[nH]1)NCCNc1cccc2ccccc12. The van der Waals surface area contributed by atoms with Crippen LogP contribution in [0, 0.1) is 0 Å². The Balaban J connectivity index is 1.48. The van der Waals surface area contributed by atoms with E-state index < -0.39 is 0 Å². The maximum Gasteiger partial charge on any atom is 0.244 e. The first-order chi connectivity index (χ1) is 11.3. The number of nitrogens with one attached hydrogen (secondary N) is 3. The molecule has 2 aromatic carbocycles. The van der Waals surface area contributed by atoms with E-state index in [1.54, 1.807) is 18.6 Å². The molecule has 0 fully saturated rings. The van der Waals surface area contributed by atoms with Gasteiger partial charge in [0.25, 0.3) is 0 Å². The topological polar surface area (TPSA) is 69.8 Å². The van der Waals surface area contributed by atoms with Gasteiger partial charge < -0.3 is 15.6 Å². The van der Waals surface area contributed by atoms with Gasteiger partial charge in [-0.3, -0.25) is 4.79 Å². The summed E-state index contributed by atoms with van der Waals surface area (Å²) in [5.74, 6) is -0.126. The molecular formula is C18H18N4O. The predicted octanol–water partition coefficient (Wildman–Crippen LogP) is 2.80. The van der Waals surface area contributed by atoms with Gasteiger partial charge in [-0.2, -0.15) is 0 Å². The molecular weight excluding hydrogens is 288 g/mol. The van der Waals surface area contributed by atoms with Gasteiger partial charge in [-0.15, -0.1) is 0 Å². The largest absolute Gasteiger partial charge is 0.383 e. The fourth-order valence-electron chi connectivity index (χ4n) is 2.34. The summed E-state index contributed by atoms with van der Waals surface area (Å²) in [7, 11) is 0. The van der Waals surface area contributed by atoms with E-state index in [0.29, 0.717) is 13.1 Å². The Morgan fingerprint density at radius 1 is 1.13 bits per heavy atom. The molecule has 1 heterocycles. The highest BCUT2D eigenvalue weighted by Gasteiger charge is 2.00. The maximum absolute atomic E-state index is 11.7. The number of aromatic nitrogens is 2. The summed E-state index contributed by atoms with van der Waals surface area (Å²) in [5, 5.41) is 8.58. The molecule has 3 rings (SSSR count). The van der Waals surface area contributed by atoms with Crippen molar-refractivity contribution < 1.29 is 4.79 Å². The zero-order valence-corrected chi connectivity index (χ0v) is 12.6. The van der Waals surface area contributed by atoms with Gasteiger partial charge in [0.2, 0.25) is 5.91 Å². The van der Waals surface area contributed by atoms with Crippen molar-refractivity contribution in [1.82, 2.24) is 15.3 Å². The number of carbonyl (C=O) groups is 1. The van der Waals surface area contributed by atoms with E-state index in [1.165, 1.54) is 16.8 Å². The Morgan fingerprint density at radius 2 is 2.00 bits per heavy atom. The summed E-state index contributed by atoms with van der Waals surface area (Å²) in [4.78, 5) is 18.5. The van der Waals surface area contributed by atoms with Crippen LogP contribution in [0.3, 0.4) is 0 Å². The minimum Gasteiger partial charge on any atom is -0.383 e. The van der Waals surface area contributed by atoms with Crippen LogP contribution in [0.5, 0.6) is 0 Å². The van der Waals surface area contributed by atoms with E-state index in [4.69, 9.17) is 0 Å². The highest BCUT2D eigenvalue weighted by Crippen LogP contribution is 2.22. The van der Waals surface area contributed by atoms with Crippen molar-refractivity contribution in [3.63, 3.8) is 0 Å². The first-order valence-corrected chi connectivity index (χ1v) is 7.49. The van der Waals surface area contributed by atoms with Gasteiger partial charge in [-0.1, -0.05) is 36.4 Å². The van der Waals surface area contributed by atoms with Crippen LogP contribution in [0.15, 0.2) is 61.1 Å². The molecule has 0 aliphatic rings. The summed E-state index contributed by atoms with van der Waals surface area (Å²) < 4.78 is 0. The van der Waals surface area contributed by atoms with E-state index in [2.05, 4.69) is 38.8 Å². The molecule has 0 aliphatic heterocycles. The molecule has 116 valence electrons. The van der Waals surface area contributed by atoms with E-state index in [9.17, 15) is 4.79 Å². The second-order valence-corrected chi connectivity index (χ2v) is 5.08. The molecule has 0 saturated heterocycles. The van der Waals surface area contributed by atoms with Crippen molar-refractivity contribution >= 4 is 28.4 Å². The van der Waals surface area contributed by atoms with Gasteiger partial charge in [0, 0.05) is 30.2 Å². The quantitative estimate of drug-likeness (QED) is 0.484. The fraction of sp³-hybridized carbons (Fsp3) is 0.111. The summed E-state index contributed by atoms with van der Waals surface area (Å²) in [6.07, 6.45) is 6.42. The van der Waals surface area contributed by atoms with E-state index >= 15 is 0 Å². The van der Waals surface area contributed by atoms with Crippen molar-refractivity contribution in [2.75, 3.05) is 18.4 Å². The van der Waals surface area contributed by atoms with Gasteiger partial charge in [-0.05, 0) is 17.5 Å². The van der Waals surface area contributed by atoms with Gasteiger partial charge >= 0.3 is 0 Å². The van der Waals surface area contributed by atoms with Crippen LogP contribution in [0.4, 0.5) is 5.69 Å². The molecule has 5 nitrogen and oxygen atoms in total. The second kappa shape index (κ2) is 7.26. The van der Waals surface area contributed by atoms with Crippen LogP contribution in [0.2, 0.25) is 0 Å². The number of nitrogens with zero attached hydrogens (tertiary/aromatic N) is 1. The number of H-pyrrole nitrogens is 1. The van der Waals surface area contributed by atoms with Crippen molar-refractivity contribution in [2.24, 2.45) is 0 Å². The molecule has 0 bridgehead atoms. The van der Waals surface area contributed by atoms with E-state index in [1.807, 2.05) is 24.3 Å². The van der Waals surface area contributed by atoms with Crippen LogP contribution >= 0.6 is 0 Å². The second-order valence-electron chi connectivity index (χ2n) is 5.08. The van der Waals surface area contributed by atoms with Crippen molar-refractivity contribution in [1.29, 1.82) is 0 Å². The molecule has 1 aromatic heterocycles. The lowest BCUT2D eigenvalue weighted by Crippen LogP contribution is -2.27. The summed E-state index contributed by atoms with van der Waals surface area (Å²) in [5.41, 5.74) is 1.87. The molecule has 0 atom stereocenters. The highest BCUT2D eigenvalue weighted by molar-refractivity contribution is 5.94. The highest BCUT2D eigenvalue weighted by atomic mass is 16.1. The van der Waals surface area contributed by atoms with Gasteiger partial charge in [0.1, 0.15) is 0 Å².